The van der Waals surface area contributed by atoms with Crippen LogP contribution in [0.15, 0.2) is 18.2 Å². The Bertz CT molecular complexity index is 507. The molecular weight excluding hydrogens is 258 g/mol. The molecule has 1 amide bonds. The van der Waals surface area contributed by atoms with Crippen molar-refractivity contribution in [1.82, 2.24) is 4.90 Å². The molecule has 5 nitrogen and oxygen atoms in total. The van der Waals surface area contributed by atoms with E-state index in [4.69, 9.17) is 14.2 Å². The maximum absolute atomic E-state index is 12.2. The van der Waals surface area contributed by atoms with Gasteiger partial charge in [0.1, 0.15) is 11.4 Å². The summed E-state index contributed by atoms with van der Waals surface area (Å²) in [5.41, 5.74) is 1.46. The summed E-state index contributed by atoms with van der Waals surface area (Å²) >= 11 is 0. The van der Waals surface area contributed by atoms with E-state index >= 15 is 0 Å². The fourth-order valence-electron chi connectivity index (χ4n) is 2.24. The minimum absolute atomic E-state index is 0.375. The van der Waals surface area contributed by atoms with Gasteiger partial charge in [-0.25, -0.2) is 4.79 Å². The predicted octanol–water partition coefficient (Wildman–Crippen LogP) is 3.09. The van der Waals surface area contributed by atoms with Crippen LogP contribution in [-0.2, 0) is 16.0 Å². The van der Waals surface area contributed by atoms with Gasteiger partial charge in [0.15, 0.2) is 6.23 Å². The van der Waals surface area contributed by atoms with Crippen LogP contribution in [0.4, 0.5) is 4.79 Å². The largest absolute Gasteiger partial charge is 0.497 e. The maximum atomic E-state index is 12.2. The molecule has 1 aliphatic rings. The van der Waals surface area contributed by atoms with Crippen molar-refractivity contribution in [2.75, 3.05) is 14.2 Å². The zero-order chi connectivity index (χ0) is 14.9. The molecule has 0 saturated heterocycles. The third-order valence-corrected chi connectivity index (χ3v) is 3.09. The van der Waals surface area contributed by atoms with Crippen LogP contribution in [0.1, 0.15) is 38.1 Å². The van der Waals surface area contributed by atoms with Gasteiger partial charge in [-0.15, -0.1) is 0 Å². The number of nitrogens with zero attached hydrogens (tertiary/aromatic N) is 1. The zero-order valence-corrected chi connectivity index (χ0v) is 12.6. The molecule has 0 bridgehead atoms. The number of hydrogen-bond donors (Lipinski definition) is 0. The quantitative estimate of drug-likeness (QED) is 0.834. The molecule has 5 heteroatoms. The van der Waals surface area contributed by atoms with Crippen molar-refractivity contribution < 1.29 is 19.0 Å². The number of rotatable bonds is 2. The number of carbonyl (C=O) groups excluding carboxylic acids is 1. The van der Waals surface area contributed by atoms with E-state index in [0.717, 1.165) is 16.9 Å². The van der Waals surface area contributed by atoms with Crippen LogP contribution in [-0.4, -0.2) is 30.8 Å². The van der Waals surface area contributed by atoms with E-state index in [-0.39, 0.29) is 6.09 Å². The monoisotopic (exact) mass is 279 g/mol. The number of hydrogen-bond acceptors (Lipinski definition) is 4. The highest BCUT2D eigenvalue weighted by atomic mass is 16.6. The standard InChI is InChI=1S/C15H21NO4/c1-15(2,3)20-14(17)16-9-10-6-7-11(18-4)8-12(10)13(16)19-5/h6-8,13H,9H2,1-5H3. The van der Waals surface area contributed by atoms with Crippen LogP contribution in [0.3, 0.4) is 0 Å². The van der Waals surface area contributed by atoms with Gasteiger partial charge in [-0.05, 0) is 38.5 Å². The Hall–Kier alpha value is -1.75. The Balaban J connectivity index is 2.25. The lowest BCUT2D eigenvalue weighted by atomic mass is 10.1. The van der Waals surface area contributed by atoms with Gasteiger partial charge in [-0.3, -0.25) is 4.90 Å². The molecule has 20 heavy (non-hydrogen) atoms. The fraction of sp³-hybridized carbons (Fsp3) is 0.533. The van der Waals surface area contributed by atoms with Gasteiger partial charge in [0.05, 0.1) is 13.7 Å². The molecule has 1 aromatic carbocycles. The smallest absolute Gasteiger partial charge is 0.412 e. The summed E-state index contributed by atoms with van der Waals surface area (Å²) < 4.78 is 16.1. The van der Waals surface area contributed by atoms with E-state index in [1.54, 1.807) is 19.1 Å². The molecule has 1 unspecified atom stereocenters. The summed E-state index contributed by atoms with van der Waals surface area (Å²) in [6, 6.07) is 5.72. The molecular formula is C15H21NO4. The van der Waals surface area contributed by atoms with Gasteiger partial charge in [-0.2, -0.15) is 0 Å². The van der Waals surface area contributed by atoms with Crippen LogP contribution in [0.2, 0.25) is 0 Å². The molecule has 1 atom stereocenters. The van der Waals surface area contributed by atoms with Crippen LogP contribution in [0.5, 0.6) is 5.75 Å². The normalized spacial score (nSPS) is 17.9. The molecule has 1 aromatic rings. The fourth-order valence-corrected chi connectivity index (χ4v) is 2.24. The van der Waals surface area contributed by atoms with Crippen molar-refractivity contribution in [2.24, 2.45) is 0 Å². The van der Waals surface area contributed by atoms with E-state index in [1.165, 1.54) is 0 Å². The molecule has 0 aromatic heterocycles. The molecule has 0 saturated carbocycles. The molecule has 110 valence electrons. The number of amides is 1. The molecule has 0 fully saturated rings. The number of fused-ring (bicyclic) bond motifs is 1. The minimum atomic E-state index is -0.526. The lowest BCUT2D eigenvalue weighted by Crippen LogP contribution is -2.36. The Morgan fingerprint density at radius 2 is 2.00 bits per heavy atom. The topological polar surface area (TPSA) is 48.0 Å². The highest BCUT2D eigenvalue weighted by molar-refractivity contribution is 5.70. The third-order valence-electron chi connectivity index (χ3n) is 3.09. The molecule has 1 heterocycles. The number of benzene rings is 1. The second kappa shape index (κ2) is 5.32. The summed E-state index contributed by atoms with van der Waals surface area (Å²) in [5.74, 6) is 0.747. The minimum Gasteiger partial charge on any atom is -0.497 e. The van der Waals surface area contributed by atoms with Crippen molar-refractivity contribution in [1.29, 1.82) is 0 Å². The van der Waals surface area contributed by atoms with Crippen LogP contribution < -0.4 is 4.74 Å². The van der Waals surface area contributed by atoms with Gasteiger partial charge < -0.3 is 14.2 Å². The van der Waals surface area contributed by atoms with E-state index in [2.05, 4.69) is 0 Å². The van der Waals surface area contributed by atoms with Gasteiger partial charge in [0.25, 0.3) is 0 Å². The summed E-state index contributed by atoms with van der Waals surface area (Å²) in [7, 11) is 3.20. The first-order valence-electron chi connectivity index (χ1n) is 6.55. The lowest BCUT2D eigenvalue weighted by molar-refractivity contribution is -0.0449. The van der Waals surface area contributed by atoms with Gasteiger partial charge >= 0.3 is 6.09 Å². The molecule has 2 rings (SSSR count). The summed E-state index contributed by atoms with van der Waals surface area (Å²) in [4.78, 5) is 13.8. The predicted molar refractivity (Wildman–Crippen MR) is 74.5 cm³/mol. The number of methoxy groups -OCH3 is 2. The van der Waals surface area contributed by atoms with Crippen molar-refractivity contribution in [3.63, 3.8) is 0 Å². The average molecular weight is 279 g/mol. The first-order chi connectivity index (χ1) is 9.35. The molecule has 1 aliphatic heterocycles. The second-order valence-corrected chi connectivity index (χ2v) is 5.76. The van der Waals surface area contributed by atoms with Crippen molar-refractivity contribution >= 4 is 6.09 Å². The van der Waals surface area contributed by atoms with Crippen molar-refractivity contribution in [3.8, 4) is 5.75 Å². The molecule has 0 radical (unpaired) electrons. The van der Waals surface area contributed by atoms with Crippen molar-refractivity contribution in [2.45, 2.75) is 39.1 Å². The summed E-state index contributed by atoms with van der Waals surface area (Å²) in [6.45, 7) is 6.02. The third kappa shape index (κ3) is 2.88. The van der Waals surface area contributed by atoms with E-state index in [9.17, 15) is 4.79 Å². The van der Waals surface area contributed by atoms with E-state index in [1.807, 2.05) is 39.0 Å². The first kappa shape index (κ1) is 14.7. The van der Waals surface area contributed by atoms with Crippen molar-refractivity contribution in [3.05, 3.63) is 29.3 Å². The summed E-state index contributed by atoms with van der Waals surface area (Å²) in [5, 5.41) is 0. The number of carbonyl (C=O) groups is 1. The second-order valence-electron chi connectivity index (χ2n) is 5.76. The maximum Gasteiger partial charge on any atom is 0.412 e. The Labute approximate surface area is 119 Å². The number of ether oxygens (including phenoxy) is 3. The highest BCUT2D eigenvalue weighted by Gasteiger charge is 2.36. The van der Waals surface area contributed by atoms with E-state index < -0.39 is 11.8 Å². The Kier molecular flexibility index (Phi) is 3.90. The van der Waals surface area contributed by atoms with Gasteiger partial charge in [0, 0.05) is 12.7 Å². The molecule has 0 aliphatic carbocycles. The highest BCUT2D eigenvalue weighted by Crippen LogP contribution is 2.37. The molecule has 0 N–H and O–H groups in total. The van der Waals surface area contributed by atoms with Gasteiger partial charge in [-0.1, -0.05) is 6.07 Å². The Morgan fingerprint density at radius 3 is 2.55 bits per heavy atom. The lowest BCUT2D eigenvalue weighted by Gasteiger charge is -2.28. The van der Waals surface area contributed by atoms with Crippen LogP contribution >= 0.6 is 0 Å². The SMILES string of the molecule is COc1ccc2c(c1)C(OC)N(C(=O)OC(C)(C)C)C2. The van der Waals surface area contributed by atoms with E-state index in [0.29, 0.717) is 6.54 Å². The average Bonchev–Trinajstić information content (AvgIpc) is 2.74. The van der Waals surface area contributed by atoms with Gasteiger partial charge in [0.2, 0.25) is 0 Å². The zero-order valence-electron chi connectivity index (χ0n) is 12.6. The molecule has 0 spiro atoms. The summed E-state index contributed by atoms with van der Waals surface area (Å²) in [6.07, 6.45) is -0.811. The Morgan fingerprint density at radius 1 is 1.30 bits per heavy atom. The first-order valence-corrected chi connectivity index (χ1v) is 6.55. The van der Waals surface area contributed by atoms with Crippen LogP contribution in [0.25, 0.3) is 0 Å². The van der Waals surface area contributed by atoms with Crippen LogP contribution in [0, 0.1) is 0 Å².